The quantitative estimate of drug-likeness (QED) is 0.730. The molecule has 7 heteroatoms. The molecule has 1 aliphatic rings. The molecule has 2 rings (SSSR count). The maximum absolute atomic E-state index is 5.67. The highest BCUT2D eigenvalue weighted by Crippen LogP contribution is 2.32. The highest BCUT2D eigenvalue weighted by atomic mass is 16.5. The van der Waals surface area contributed by atoms with Crippen molar-refractivity contribution in [2.75, 3.05) is 41.0 Å². The second kappa shape index (κ2) is 5.24. The minimum Gasteiger partial charge on any atom is -0.490 e. The van der Waals surface area contributed by atoms with Gasteiger partial charge in [-0.05, 0) is 12.3 Å². The van der Waals surface area contributed by atoms with Gasteiger partial charge in [0.2, 0.25) is 5.75 Å². The van der Waals surface area contributed by atoms with Crippen LogP contribution in [-0.2, 0) is 4.74 Å². The largest absolute Gasteiger partial charge is 0.490 e. The monoisotopic (exact) mass is 240 g/mol. The maximum atomic E-state index is 5.67. The lowest BCUT2D eigenvalue weighted by Gasteiger charge is -2.29. The predicted octanol–water partition coefficient (Wildman–Crippen LogP) is -0.108. The molecule has 0 bridgehead atoms. The number of ether oxygens (including phenoxy) is 3. The summed E-state index contributed by atoms with van der Waals surface area (Å²) in [5, 5.41) is 11.4. The Labute approximate surface area is 99.7 Å². The third-order valence-corrected chi connectivity index (χ3v) is 2.69. The second-order valence-corrected chi connectivity index (χ2v) is 3.84. The van der Waals surface area contributed by atoms with Crippen molar-refractivity contribution >= 4 is 0 Å². The zero-order chi connectivity index (χ0) is 12.3. The Morgan fingerprint density at radius 3 is 2.76 bits per heavy atom. The van der Waals surface area contributed by atoms with Gasteiger partial charge in [0.05, 0.1) is 20.8 Å². The summed E-state index contributed by atoms with van der Waals surface area (Å²) in [6.07, 6.45) is -0.159. The summed E-state index contributed by atoms with van der Waals surface area (Å²) < 4.78 is 16.0. The van der Waals surface area contributed by atoms with Gasteiger partial charge in [-0.25, -0.2) is 0 Å². The van der Waals surface area contributed by atoms with Crippen LogP contribution in [0.1, 0.15) is 11.8 Å². The zero-order valence-corrected chi connectivity index (χ0v) is 10.2. The smallest absolute Gasteiger partial charge is 0.280 e. The van der Waals surface area contributed by atoms with E-state index < -0.39 is 0 Å². The SMILES string of the molecule is COc1nnnc(C2CN(C)CCO2)c1OC. The highest BCUT2D eigenvalue weighted by molar-refractivity contribution is 5.37. The predicted molar refractivity (Wildman–Crippen MR) is 59.1 cm³/mol. The van der Waals surface area contributed by atoms with E-state index in [0.29, 0.717) is 23.9 Å². The van der Waals surface area contributed by atoms with Crippen LogP contribution >= 0.6 is 0 Å². The van der Waals surface area contributed by atoms with Gasteiger partial charge in [-0.15, -0.1) is 5.10 Å². The van der Waals surface area contributed by atoms with Gasteiger partial charge in [-0.2, -0.15) is 0 Å². The maximum Gasteiger partial charge on any atom is 0.280 e. The Balaban J connectivity index is 2.30. The summed E-state index contributed by atoms with van der Waals surface area (Å²) in [5.74, 6) is 0.817. The van der Waals surface area contributed by atoms with Crippen molar-refractivity contribution in [2.45, 2.75) is 6.10 Å². The Hall–Kier alpha value is -1.47. The zero-order valence-electron chi connectivity index (χ0n) is 10.2. The average Bonchev–Trinajstić information content (AvgIpc) is 2.37. The van der Waals surface area contributed by atoms with E-state index in [-0.39, 0.29) is 6.10 Å². The van der Waals surface area contributed by atoms with Gasteiger partial charge < -0.3 is 19.1 Å². The van der Waals surface area contributed by atoms with Crippen LogP contribution in [0.5, 0.6) is 11.6 Å². The van der Waals surface area contributed by atoms with E-state index in [0.717, 1.165) is 13.1 Å². The van der Waals surface area contributed by atoms with Crippen LogP contribution in [0.2, 0.25) is 0 Å². The van der Waals surface area contributed by atoms with Gasteiger partial charge in [0, 0.05) is 13.1 Å². The van der Waals surface area contributed by atoms with Crippen molar-refractivity contribution in [3.8, 4) is 11.6 Å². The lowest BCUT2D eigenvalue weighted by atomic mass is 10.2. The first-order valence-corrected chi connectivity index (χ1v) is 5.37. The molecule has 0 aliphatic carbocycles. The van der Waals surface area contributed by atoms with Gasteiger partial charge in [0.1, 0.15) is 11.8 Å². The van der Waals surface area contributed by atoms with E-state index in [4.69, 9.17) is 14.2 Å². The van der Waals surface area contributed by atoms with Gasteiger partial charge in [0.15, 0.2) is 0 Å². The average molecular weight is 240 g/mol. The molecule has 17 heavy (non-hydrogen) atoms. The molecule has 0 saturated carbocycles. The summed E-state index contributed by atoms with van der Waals surface area (Å²) in [4.78, 5) is 2.17. The van der Waals surface area contributed by atoms with Crippen LogP contribution in [0.3, 0.4) is 0 Å². The molecule has 1 aromatic rings. The molecular weight excluding hydrogens is 224 g/mol. The van der Waals surface area contributed by atoms with E-state index in [2.05, 4.69) is 20.3 Å². The highest BCUT2D eigenvalue weighted by Gasteiger charge is 2.27. The van der Waals surface area contributed by atoms with Gasteiger partial charge >= 0.3 is 0 Å². The van der Waals surface area contributed by atoms with Crippen LogP contribution in [0.4, 0.5) is 0 Å². The van der Waals surface area contributed by atoms with E-state index in [1.165, 1.54) is 7.11 Å². The van der Waals surface area contributed by atoms with E-state index in [9.17, 15) is 0 Å². The third kappa shape index (κ3) is 2.45. The number of hydrogen-bond donors (Lipinski definition) is 0. The van der Waals surface area contributed by atoms with Crippen LogP contribution in [0.25, 0.3) is 0 Å². The number of nitrogens with zero attached hydrogens (tertiary/aromatic N) is 4. The fraction of sp³-hybridized carbons (Fsp3) is 0.700. The van der Waals surface area contributed by atoms with Gasteiger partial charge in [0.25, 0.3) is 5.88 Å². The van der Waals surface area contributed by atoms with Crippen LogP contribution in [-0.4, -0.2) is 61.3 Å². The lowest BCUT2D eigenvalue weighted by molar-refractivity contribution is -0.0250. The normalized spacial score (nSPS) is 21.2. The molecule has 2 heterocycles. The molecule has 0 amide bonds. The standard InChI is InChI=1S/C10H16N4O3/c1-14-4-5-17-7(6-14)8-9(15-2)10(16-3)12-13-11-8/h7H,4-6H2,1-3H3. The number of rotatable bonds is 3. The van der Waals surface area contributed by atoms with Crippen molar-refractivity contribution in [2.24, 2.45) is 0 Å². The second-order valence-electron chi connectivity index (χ2n) is 3.84. The van der Waals surface area contributed by atoms with Crippen molar-refractivity contribution in [1.29, 1.82) is 0 Å². The molecule has 0 spiro atoms. The molecule has 1 saturated heterocycles. The van der Waals surface area contributed by atoms with Crippen LogP contribution in [0, 0.1) is 0 Å². The summed E-state index contributed by atoms with van der Waals surface area (Å²) in [7, 11) is 5.11. The van der Waals surface area contributed by atoms with Crippen LogP contribution in [0.15, 0.2) is 0 Å². The number of aromatic nitrogens is 3. The van der Waals surface area contributed by atoms with E-state index >= 15 is 0 Å². The minimum absolute atomic E-state index is 0.159. The first-order chi connectivity index (χ1) is 8.26. The molecule has 0 aromatic carbocycles. The summed E-state index contributed by atoms with van der Waals surface area (Å²) >= 11 is 0. The Morgan fingerprint density at radius 2 is 2.12 bits per heavy atom. The molecule has 1 aliphatic heterocycles. The summed E-state index contributed by atoms with van der Waals surface area (Å²) in [5.41, 5.74) is 0.630. The third-order valence-electron chi connectivity index (χ3n) is 2.69. The first kappa shape index (κ1) is 12.0. The molecule has 0 radical (unpaired) electrons. The number of morpholine rings is 1. The fourth-order valence-corrected chi connectivity index (χ4v) is 1.79. The topological polar surface area (TPSA) is 69.6 Å². The summed E-state index contributed by atoms with van der Waals surface area (Å²) in [6.45, 7) is 2.32. The van der Waals surface area contributed by atoms with E-state index in [1.54, 1.807) is 7.11 Å². The molecule has 1 atom stereocenters. The Morgan fingerprint density at radius 1 is 1.29 bits per heavy atom. The van der Waals surface area contributed by atoms with Crippen molar-refractivity contribution < 1.29 is 14.2 Å². The molecule has 7 nitrogen and oxygen atoms in total. The molecule has 94 valence electrons. The Kier molecular flexibility index (Phi) is 3.70. The molecular formula is C10H16N4O3. The lowest BCUT2D eigenvalue weighted by Crippen LogP contribution is -2.36. The fourth-order valence-electron chi connectivity index (χ4n) is 1.79. The minimum atomic E-state index is -0.159. The van der Waals surface area contributed by atoms with Crippen molar-refractivity contribution in [1.82, 2.24) is 20.3 Å². The van der Waals surface area contributed by atoms with E-state index in [1.807, 2.05) is 7.05 Å². The number of methoxy groups -OCH3 is 2. The number of hydrogen-bond acceptors (Lipinski definition) is 7. The first-order valence-electron chi connectivity index (χ1n) is 5.37. The van der Waals surface area contributed by atoms with Gasteiger partial charge in [-0.3, -0.25) is 0 Å². The van der Waals surface area contributed by atoms with Gasteiger partial charge in [-0.1, -0.05) is 5.10 Å². The number of likely N-dealkylation sites (N-methyl/N-ethyl adjacent to an activating group) is 1. The van der Waals surface area contributed by atoms with Crippen molar-refractivity contribution in [3.63, 3.8) is 0 Å². The summed E-state index contributed by atoms with van der Waals surface area (Å²) in [6, 6.07) is 0. The van der Waals surface area contributed by atoms with Crippen LogP contribution < -0.4 is 9.47 Å². The van der Waals surface area contributed by atoms with Crippen molar-refractivity contribution in [3.05, 3.63) is 5.69 Å². The molecule has 0 N–H and O–H groups in total. The Bertz CT molecular complexity index is 388. The molecule has 1 fully saturated rings. The molecule has 1 unspecified atom stereocenters. The molecule has 1 aromatic heterocycles.